The first-order chi connectivity index (χ1) is 13.8. The van der Waals surface area contributed by atoms with E-state index < -0.39 is 27.9 Å². The van der Waals surface area contributed by atoms with Gasteiger partial charge in [-0.25, -0.2) is 13.2 Å². The van der Waals surface area contributed by atoms with Crippen molar-refractivity contribution < 1.29 is 22.7 Å². The predicted octanol–water partition coefficient (Wildman–Crippen LogP) is 3.31. The Morgan fingerprint density at radius 3 is 2.55 bits per heavy atom. The van der Waals surface area contributed by atoms with E-state index >= 15 is 0 Å². The topological polar surface area (TPSA) is 92.8 Å². The number of hydrogen-bond acceptors (Lipinski definition) is 5. The molecule has 154 valence electrons. The van der Waals surface area contributed by atoms with Gasteiger partial charge in [0, 0.05) is 11.6 Å². The molecular weight excluding hydrogens is 416 g/mol. The average Bonchev–Trinajstić information content (AvgIpc) is 3.20. The Bertz CT molecular complexity index is 1010. The smallest absolute Gasteiger partial charge is 0.340 e. The second-order valence-corrected chi connectivity index (χ2v) is 8.81. The van der Waals surface area contributed by atoms with E-state index in [0.717, 1.165) is 0 Å². The number of nitrogens with zero attached hydrogens (tertiary/aromatic N) is 1. The lowest BCUT2D eigenvalue weighted by atomic mass is 10.1. The number of sulfonamides is 1. The molecule has 1 fully saturated rings. The number of esters is 1. The lowest BCUT2D eigenvalue weighted by molar-refractivity contribution is -0.119. The molecule has 0 unspecified atom stereocenters. The van der Waals surface area contributed by atoms with Crippen LogP contribution in [0.25, 0.3) is 0 Å². The molecule has 7 nitrogen and oxygen atoms in total. The summed E-state index contributed by atoms with van der Waals surface area (Å²) < 4.78 is 32.2. The minimum Gasteiger partial charge on any atom is -0.462 e. The SMILES string of the molecule is CCOC(=O)c1ccccc1NC(=O)[C@@H]1CCCN1S(=O)(=O)c1ccc(Cl)cc1. The summed E-state index contributed by atoms with van der Waals surface area (Å²) in [5.41, 5.74) is 0.500. The molecule has 1 aliphatic rings. The fourth-order valence-corrected chi connectivity index (χ4v) is 5.01. The van der Waals surface area contributed by atoms with E-state index in [4.69, 9.17) is 16.3 Å². The zero-order chi connectivity index (χ0) is 21.0. The Balaban J connectivity index is 1.83. The Kier molecular flexibility index (Phi) is 6.56. The highest BCUT2D eigenvalue weighted by Gasteiger charge is 2.39. The van der Waals surface area contributed by atoms with Crippen molar-refractivity contribution in [2.24, 2.45) is 0 Å². The van der Waals surface area contributed by atoms with Crippen molar-refractivity contribution in [2.45, 2.75) is 30.7 Å². The molecule has 0 radical (unpaired) electrons. The van der Waals surface area contributed by atoms with E-state index in [-0.39, 0.29) is 29.3 Å². The normalized spacial score (nSPS) is 17.1. The molecule has 0 bridgehead atoms. The van der Waals surface area contributed by atoms with Crippen molar-refractivity contribution in [1.29, 1.82) is 0 Å². The van der Waals surface area contributed by atoms with Gasteiger partial charge in [0.25, 0.3) is 0 Å². The number of rotatable bonds is 6. The Morgan fingerprint density at radius 1 is 1.17 bits per heavy atom. The molecule has 1 N–H and O–H groups in total. The molecule has 0 aromatic heterocycles. The maximum atomic E-state index is 13.0. The zero-order valence-electron chi connectivity index (χ0n) is 15.8. The van der Waals surface area contributed by atoms with Gasteiger partial charge in [-0.3, -0.25) is 4.79 Å². The minimum absolute atomic E-state index is 0.0773. The second-order valence-electron chi connectivity index (χ2n) is 6.48. The summed E-state index contributed by atoms with van der Waals surface area (Å²) in [6.07, 6.45) is 0.949. The molecule has 1 amide bonds. The maximum Gasteiger partial charge on any atom is 0.340 e. The van der Waals surface area contributed by atoms with Crippen LogP contribution in [0.5, 0.6) is 0 Å². The molecule has 1 aliphatic heterocycles. The first-order valence-electron chi connectivity index (χ1n) is 9.19. The lowest BCUT2D eigenvalue weighted by Gasteiger charge is -2.23. The van der Waals surface area contributed by atoms with Gasteiger partial charge < -0.3 is 10.1 Å². The summed E-state index contributed by atoms with van der Waals surface area (Å²) in [6.45, 7) is 2.14. The number of carbonyl (C=O) groups excluding carboxylic acids is 2. The maximum absolute atomic E-state index is 13.0. The zero-order valence-corrected chi connectivity index (χ0v) is 17.4. The van der Waals surface area contributed by atoms with E-state index in [9.17, 15) is 18.0 Å². The summed E-state index contributed by atoms with van der Waals surface area (Å²) in [7, 11) is -3.85. The van der Waals surface area contributed by atoms with Crippen LogP contribution in [0.15, 0.2) is 53.4 Å². The van der Waals surface area contributed by atoms with Crippen molar-refractivity contribution in [1.82, 2.24) is 4.31 Å². The lowest BCUT2D eigenvalue weighted by Crippen LogP contribution is -2.43. The van der Waals surface area contributed by atoms with Gasteiger partial charge in [0.2, 0.25) is 15.9 Å². The third-order valence-electron chi connectivity index (χ3n) is 4.61. The number of ether oxygens (including phenoxy) is 1. The average molecular weight is 437 g/mol. The van der Waals surface area contributed by atoms with Crippen molar-refractivity contribution in [3.8, 4) is 0 Å². The summed E-state index contributed by atoms with van der Waals surface area (Å²) in [6, 6.07) is 11.4. The van der Waals surface area contributed by atoms with Crippen LogP contribution in [0.3, 0.4) is 0 Å². The van der Waals surface area contributed by atoms with E-state index in [1.54, 1.807) is 31.2 Å². The van der Waals surface area contributed by atoms with Gasteiger partial charge in [0.05, 0.1) is 22.8 Å². The fourth-order valence-electron chi connectivity index (χ4n) is 3.23. The van der Waals surface area contributed by atoms with Gasteiger partial charge in [0.15, 0.2) is 0 Å². The van der Waals surface area contributed by atoms with E-state index in [1.807, 2.05) is 0 Å². The molecule has 1 heterocycles. The first-order valence-corrected chi connectivity index (χ1v) is 11.0. The van der Waals surface area contributed by atoms with Gasteiger partial charge in [0.1, 0.15) is 6.04 Å². The van der Waals surface area contributed by atoms with Gasteiger partial charge in [-0.05, 0) is 56.2 Å². The molecule has 0 saturated carbocycles. The summed E-state index contributed by atoms with van der Waals surface area (Å²) in [5.74, 6) is -1.04. The largest absolute Gasteiger partial charge is 0.462 e. The van der Waals surface area contributed by atoms with Crippen LogP contribution in [0, 0.1) is 0 Å². The molecule has 29 heavy (non-hydrogen) atoms. The number of amides is 1. The number of hydrogen-bond donors (Lipinski definition) is 1. The highest BCUT2D eigenvalue weighted by molar-refractivity contribution is 7.89. The van der Waals surface area contributed by atoms with Crippen LogP contribution in [-0.4, -0.2) is 43.8 Å². The molecule has 1 saturated heterocycles. The summed E-state index contributed by atoms with van der Waals surface area (Å²) in [5, 5.41) is 3.11. The number of para-hydroxylation sites is 1. The van der Waals surface area contributed by atoms with Gasteiger partial charge >= 0.3 is 5.97 Å². The fraction of sp³-hybridized carbons (Fsp3) is 0.300. The first kappa shape index (κ1) is 21.3. The molecule has 0 spiro atoms. The molecule has 9 heteroatoms. The Hall–Kier alpha value is -2.42. The highest BCUT2D eigenvalue weighted by Crippen LogP contribution is 2.28. The van der Waals surface area contributed by atoms with Crippen LogP contribution in [0.1, 0.15) is 30.1 Å². The van der Waals surface area contributed by atoms with Gasteiger partial charge in [-0.2, -0.15) is 4.31 Å². The predicted molar refractivity (Wildman–Crippen MR) is 109 cm³/mol. The third-order valence-corrected chi connectivity index (χ3v) is 6.78. The summed E-state index contributed by atoms with van der Waals surface area (Å²) >= 11 is 5.84. The van der Waals surface area contributed by atoms with Gasteiger partial charge in [-0.1, -0.05) is 23.7 Å². The monoisotopic (exact) mass is 436 g/mol. The number of anilines is 1. The van der Waals surface area contributed by atoms with Crippen LogP contribution >= 0.6 is 11.6 Å². The minimum atomic E-state index is -3.85. The molecular formula is C20H21ClN2O5S. The van der Waals surface area contributed by atoms with Crippen molar-refractivity contribution in [3.63, 3.8) is 0 Å². The van der Waals surface area contributed by atoms with Crippen LogP contribution < -0.4 is 5.32 Å². The van der Waals surface area contributed by atoms with E-state index in [0.29, 0.717) is 17.9 Å². The van der Waals surface area contributed by atoms with E-state index in [2.05, 4.69) is 5.32 Å². The second kappa shape index (κ2) is 8.94. The molecule has 0 aliphatic carbocycles. The van der Waals surface area contributed by atoms with Crippen LogP contribution in [-0.2, 0) is 19.6 Å². The third kappa shape index (κ3) is 4.60. The van der Waals surface area contributed by atoms with Crippen molar-refractivity contribution in [3.05, 3.63) is 59.1 Å². The van der Waals surface area contributed by atoms with Crippen LogP contribution in [0.2, 0.25) is 5.02 Å². The number of halogens is 1. The van der Waals surface area contributed by atoms with E-state index in [1.165, 1.54) is 28.6 Å². The number of carbonyl (C=O) groups is 2. The number of nitrogens with one attached hydrogen (secondary N) is 1. The Morgan fingerprint density at radius 2 is 1.86 bits per heavy atom. The quantitative estimate of drug-likeness (QED) is 0.701. The molecule has 2 aromatic carbocycles. The molecule has 3 rings (SSSR count). The highest BCUT2D eigenvalue weighted by atomic mass is 35.5. The standard InChI is InChI=1S/C20H21ClN2O5S/c1-2-28-20(25)16-6-3-4-7-17(16)22-19(24)18-8-5-13-23(18)29(26,27)15-11-9-14(21)10-12-15/h3-4,6-7,9-12,18H,2,5,8,13H2,1H3,(H,22,24)/t18-/m0/s1. The Labute approximate surface area is 174 Å². The number of benzene rings is 2. The van der Waals surface area contributed by atoms with Gasteiger partial charge in [-0.15, -0.1) is 0 Å². The van der Waals surface area contributed by atoms with Crippen molar-refractivity contribution in [2.75, 3.05) is 18.5 Å². The molecule has 2 aromatic rings. The molecule has 1 atom stereocenters. The summed E-state index contributed by atoms with van der Waals surface area (Å²) in [4.78, 5) is 25.1. The van der Waals surface area contributed by atoms with Crippen LogP contribution in [0.4, 0.5) is 5.69 Å². The van der Waals surface area contributed by atoms with Crippen molar-refractivity contribution >= 4 is 39.2 Å².